The highest BCUT2D eigenvalue weighted by Gasteiger charge is 2.25. The molecule has 1 fully saturated rings. The lowest BCUT2D eigenvalue weighted by Gasteiger charge is -2.36. The van der Waals surface area contributed by atoms with Gasteiger partial charge >= 0.3 is 5.63 Å². The monoisotopic (exact) mass is 362 g/mol. The highest BCUT2D eigenvalue weighted by molar-refractivity contribution is 5.96. The lowest BCUT2D eigenvalue weighted by molar-refractivity contribution is 0.0742. The Balaban J connectivity index is 1.48. The van der Waals surface area contributed by atoms with Crippen LogP contribution in [0.3, 0.4) is 0 Å². The van der Waals surface area contributed by atoms with E-state index >= 15 is 0 Å². The normalized spacial score (nSPS) is 14.6. The minimum Gasteiger partial charge on any atom is -0.422 e. The van der Waals surface area contributed by atoms with Crippen molar-refractivity contribution >= 4 is 22.6 Å². The van der Waals surface area contributed by atoms with Crippen molar-refractivity contribution < 1.29 is 9.21 Å². The van der Waals surface area contributed by atoms with Gasteiger partial charge in [-0.25, -0.2) is 4.79 Å². The maximum atomic E-state index is 12.8. The molecule has 0 N–H and O–H groups in total. The molecule has 0 aliphatic carbocycles. The van der Waals surface area contributed by atoms with Crippen LogP contribution in [0.5, 0.6) is 0 Å². The topological polar surface area (TPSA) is 53.8 Å². The number of rotatable bonds is 3. The molecule has 3 aromatic rings. The Hall–Kier alpha value is -3.08. The molecule has 0 saturated carbocycles. The summed E-state index contributed by atoms with van der Waals surface area (Å²) < 4.78 is 5.30. The number of hydrogen-bond acceptors (Lipinski definition) is 4. The molecule has 2 aromatic carbocycles. The second-order valence-corrected chi connectivity index (χ2v) is 6.78. The van der Waals surface area contributed by atoms with Gasteiger partial charge in [0.25, 0.3) is 5.91 Å². The summed E-state index contributed by atoms with van der Waals surface area (Å²) in [6.07, 6.45) is 1.02. The molecule has 1 amide bonds. The Morgan fingerprint density at radius 2 is 1.70 bits per heavy atom. The fourth-order valence-corrected chi connectivity index (χ4v) is 3.49. The van der Waals surface area contributed by atoms with E-state index in [1.165, 1.54) is 11.3 Å². The molecular weight excluding hydrogens is 340 g/mol. The average molecular weight is 362 g/mol. The van der Waals surface area contributed by atoms with Crippen LogP contribution in [0, 0.1) is 0 Å². The number of para-hydroxylation sites is 1. The van der Waals surface area contributed by atoms with Crippen LogP contribution < -0.4 is 10.5 Å². The number of benzene rings is 2. The van der Waals surface area contributed by atoms with Crippen molar-refractivity contribution in [2.45, 2.75) is 13.3 Å². The SMILES string of the molecule is CCc1ccc(N2CCN(C(=O)c3cc4ccccc4oc3=O)CC2)cc1. The molecule has 1 aliphatic rings. The molecule has 1 saturated heterocycles. The first-order valence-corrected chi connectivity index (χ1v) is 9.32. The summed E-state index contributed by atoms with van der Waals surface area (Å²) in [6.45, 7) is 4.80. The van der Waals surface area contributed by atoms with Crippen molar-refractivity contribution in [3.05, 3.63) is 76.1 Å². The number of fused-ring (bicyclic) bond motifs is 1. The van der Waals surface area contributed by atoms with Crippen LogP contribution in [-0.4, -0.2) is 37.0 Å². The minimum atomic E-state index is -0.573. The second-order valence-electron chi connectivity index (χ2n) is 6.78. The molecule has 0 radical (unpaired) electrons. The van der Waals surface area contributed by atoms with Gasteiger partial charge in [0.2, 0.25) is 0 Å². The Bertz CT molecular complexity index is 1020. The number of carbonyl (C=O) groups is 1. The van der Waals surface area contributed by atoms with Gasteiger partial charge < -0.3 is 14.2 Å². The summed E-state index contributed by atoms with van der Waals surface area (Å²) in [5.41, 5.74) is 2.52. The predicted molar refractivity (Wildman–Crippen MR) is 106 cm³/mol. The van der Waals surface area contributed by atoms with Crippen LogP contribution in [0.4, 0.5) is 5.69 Å². The van der Waals surface area contributed by atoms with Crippen molar-refractivity contribution in [3.8, 4) is 0 Å². The molecule has 5 nitrogen and oxygen atoms in total. The molecule has 27 heavy (non-hydrogen) atoms. The van der Waals surface area contributed by atoms with E-state index < -0.39 is 5.63 Å². The van der Waals surface area contributed by atoms with Crippen LogP contribution in [0.1, 0.15) is 22.8 Å². The summed E-state index contributed by atoms with van der Waals surface area (Å²) >= 11 is 0. The van der Waals surface area contributed by atoms with Gasteiger partial charge in [-0.3, -0.25) is 4.79 Å². The van der Waals surface area contributed by atoms with Crippen molar-refractivity contribution in [1.29, 1.82) is 0 Å². The van der Waals surface area contributed by atoms with Crippen LogP contribution in [0.2, 0.25) is 0 Å². The second kappa shape index (κ2) is 7.27. The molecule has 4 rings (SSSR count). The van der Waals surface area contributed by atoms with Crippen molar-refractivity contribution in [3.63, 3.8) is 0 Å². The number of piperazine rings is 1. The molecule has 1 aliphatic heterocycles. The summed E-state index contributed by atoms with van der Waals surface area (Å²) in [4.78, 5) is 29.1. The van der Waals surface area contributed by atoms with Crippen LogP contribution in [-0.2, 0) is 6.42 Å². The zero-order valence-electron chi connectivity index (χ0n) is 15.4. The molecule has 0 unspecified atom stereocenters. The molecule has 0 bridgehead atoms. The molecular formula is C22H22N2O3. The van der Waals surface area contributed by atoms with E-state index in [1.807, 2.05) is 12.1 Å². The van der Waals surface area contributed by atoms with E-state index in [0.717, 1.165) is 24.9 Å². The smallest absolute Gasteiger partial charge is 0.349 e. The van der Waals surface area contributed by atoms with E-state index in [-0.39, 0.29) is 11.5 Å². The van der Waals surface area contributed by atoms with Gasteiger partial charge in [-0.05, 0) is 36.2 Å². The first-order chi connectivity index (χ1) is 13.2. The Morgan fingerprint density at radius 3 is 2.41 bits per heavy atom. The highest BCUT2D eigenvalue weighted by Crippen LogP contribution is 2.19. The number of carbonyl (C=O) groups excluding carboxylic acids is 1. The maximum absolute atomic E-state index is 12.8. The number of aryl methyl sites for hydroxylation is 1. The fourth-order valence-electron chi connectivity index (χ4n) is 3.49. The van der Waals surface area contributed by atoms with E-state index in [4.69, 9.17) is 4.42 Å². The molecule has 5 heteroatoms. The largest absolute Gasteiger partial charge is 0.422 e. The third-order valence-electron chi connectivity index (χ3n) is 5.15. The first-order valence-electron chi connectivity index (χ1n) is 9.32. The number of anilines is 1. The highest BCUT2D eigenvalue weighted by atomic mass is 16.4. The van der Waals surface area contributed by atoms with E-state index in [1.54, 1.807) is 23.1 Å². The average Bonchev–Trinajstić information content (AvgIpc) is 2.73. The zero-order chi connectivity index (χ0) is 18.8. The molecule has 0 spiro atoms. The summed E-state index contributed by atoms with van der Waals surface area (Å²) in [7, 11) is 0. The molecule has 2 heterocycles. The Labute approximate surface area is 157 Å². The van der Waals surface area contributed by atoms with Crippen molar-refractivity contribution in [1.82, 2.24) is 4.90 Å². The first kappa shape index (κ1) is 17.3. The summed E-state index contributed by atoms with van der Waals surface area (Å²) in [5, 5.41) is 0.759. The quantitative estimate of drug-likeness (QED) is 0.671. The van der Waals surface area contributed by atoms with Gasteiger partial charge in [0.05, 0.1) is 0 Å². The predicted octanol–water partition coefficient (Wildman–Crippen LogP) is 3.32. The van der Waals surface area contributed by atoms with Crippen molar-refractivity contribution in [2.75, 3.05) is 31.1 Å². The number of hydrogen-bond donors (Lipinski definition) is 0. The minimum absolute atomic E-state index is 0.106. The van der Waals surface area contributed by atoms with Crippen LogP contribution in [0.25, 0.3) is 11.0 Å². The lowest BCUT2D eigenvalue weighted by atomic mass is 10.1. The Morgan fingerprint density at radius 1 is 1.00 bits per heavy atom. The number of amides is 1. The third-order valence-corrected chi connectivity index (χ3v) is 5.15. The van der Waals surface area contributed by atoms with E-state index in [9.17, 15) is 9.59 Å². The summed E-state index contributed by atoms with van der Waals surface area (Å²) in [5.74, 6) is -0.254. The van der Waals surface area contributed by atoms with E-state index in [0.29, 0.717) is 18.7 Å². The fraction of sp³-hybridized carbons (Fsp3) is 0.273. The van der Waals surface area contributed by atoms with E-state index in [2.05, 4.69) is 36.1 Å². The molecule has 1 aromatic heterocycles. The molecule has 0 atom stereocenters. The lowest BCUT2D eigenvalue weighted by Crippen LogP contribution is -2.49. The van der Waals surface area contributed by atoms with Gasteiger partial charge in [-0.1, -0.05) is 37.3 Å². The standard InChI is InChI=1S/C22H22N2O3/c1-2-16-7-9-18(10-8-16)23-11-13-24(14-12-23)21(25)19-15-17-5-3-4-6-20(17)27-22(19)26/h3-10,15H,2,11-14H2,1H3. The van der Waals surface area contributed by atoms with Crippen LogP contribution >= 0.6 is 0 Å². The molecule has 138 valence electrons. The van der Waals surface area contributed by atoms with Gasteiger partial charge in [0.1, 0.15) is 11.1 Å². The van der Waals surface area contributed by atoms with Crippen molar-refractivity contribution in [2.24, 2.45) is 0 Å². The van der Waals surface area contributed by atoms with Gasteiger partial charge in [0.15, 0.2) is 0 Å². The van der Waals surface area contributed by atoms with Crippen LogP contribution in [0.15, 0.2) is 63.8 Å². The van der Waals surface area contributed by atoms with Gasteiger partial charge in [-0.15, -0.1) is 0 Å². The van der Waals surface area contributed by atoms with Gasteiger partial charge in [-0.2, -0.15) is 0 Å². The zero-order valence-corrected chi connectivity index (χ0v) is 15.4. The summed E-state index contributed by atoms with van der Waals surface area (Å²) in [6, 6.07) is 17.4. The van der Waals surface area contributed by atoms with Gasteiger partial charge in [0, 0.05) is 37.3 Å². The maximum Gasteiger partial charge on any atom is 0.349 e. The number of nitrogens with zero attached hydrogens (tertiary/aromatic N) is 2. The Kier molecular flexibility index (Phi) is 4.67. The third kappa shape index (κ3) is 3.45.